The quantitative estimate of drug-likeness (QED) is 0.595. The standard InChI is InChI=1S/C10H17FO/c11-8-9-12-10-6-4-2-1-3-5-7-10/h1-2,10H,3-9H2/i11+0. The second-order valence-electron chi connectivity index (χ2n) is 3.16. The van der Waals surface area contributed by atoms with Gasteiger partial charge in [0.15, 0.2) is 0 Å². The van der Waals surface area contributed by atoms with Crippen molar-refractivity contribution in [3.63, 3.8) is 0 Å². The maximum atomic E-state index is 11.8. The van der Waals surface area contributed by atoms with Crippen LogP contribution in [0.25, 0.3) is 0 Å². The average Bonchev–Trinajstić information content (AvgIpc) is 2.02. The molecule has 0 N–H and O–H groups in total. The fourth-order valence-corrected chi connectivity index (χ4v) is 1.50. The smallest absolute Gasteiger partial charge is 0.113 e. The van der Waals surface area contributed by atoms with Gasteiger partial charge >= 0.3 is 0 Å². The van der Waals surface area contributed by atoms with Crippen LogP contribution < -0.4 is 0 Å². The molecule has 0 radical (unpaired) electrons. The molecule has 12 heavy (non-hydrogen) atoms. The first-order chi connectivity index (χ1) is 5.93. The highest BCUT2D eigenvalue weighted by Gasteiger charge is 2.08. The van der Waals surface area contributed by atoms with Gasteiger partial charge in [0, 0.05) is 0 Å². The molecule has 0 aromatic carbocycles. The zero-order valence-corrected chi connectivity index (χ0v) is 7.47. The highest BCUT2D eigenvalue weighted by molar-refractivity contribution is 4.85. The molecular weight excluding hydrogens is 155 g/mol. The number of hydrogen-bond donors (Lipinski definition) is 0. The molecule has 70 valence electrons. The summed E-state index contributed by atoms with van der Waals surface area (Å²) in [5.41, 5.74) is 0. The van der Waals surface area contributed by atoms with E-state index in [0.29, 0.717) is 6.10 Å². The zero-order chi connectivity index (χ0) is 8.65. The van der Waals surface area contributed by atoms with Crippen LogP contribution in [0.15, 0.2) is 12.2 Å². The number of hydrogen-bond acceptors (Lipinski definition) is 1. The Balaban J connectivity index is 2.18. The summed E-state index contributed by atoms with van der Waals surface area (Å²) in [4.78, 5) is 0. The van der Waals surface area contributed by atoms with Gasteiger partial charge in [-0.05, 0) is 32.1 Å². The van der Waals surface area contributed by atoms with Gasteiger partial charge in [0.1, 0.15) is 6.67 Å². The predicted molar refractivity (Wildman–Crippen MR) is 47.9 cm³/mol. The summed E-state index contributed by atoms with van der Waals surface area (Å²) in [6.45, 7) is -0.0826. The molecule has 0 aliphatic heterocycles. The van der Waals surface area contributed by atoms with E-state index in [1.54, 1.807) is 0 Å². The highest BCUT2D eigenvalue weighted by Crippen LogP contribution is 2.15. The van der Waals surface area contributed by atoms with Gasteiger partial charge in [-0.2, -0.15) is 0 Å². The minimum atomic E-state index is -0.355. The van der Waals surface area contributed by atoms with Crippen molar-refractivity contribution in [1.29, 1.82) is 0 Å². The van der Waals surface area contributed by atoms with Crippen LogP contribution in [0.4, 0.5) is 4.39 Å². The van der Waals surface area contributed by atoms with Crippen molar-refractivity contribution < 1.29 is 9.13 Å². The van der Waals surface area contributed by atoms with E-state index in [-0.39, 0.29) is 13.3 Å². The third kappa shape index (κ3) is 3.86. The Hall–Kier alpha value is -0.370. The summed E-state index contributed by atoms with van der Waals surface area (Å²) in [5.74, 6) is 0. The van der Waals surface area contributed by atoms with Crippen LogP contribution in [-0.2, 0) is 4.74 Å². The lowest BCUT2D eigenvalue weighted by Crippen LogP contribution is -2.15. The summed E-state index contributed by atoms with van der Waals surface area (Å²) in [6, 6.07) is 0. The molecule has 1 unspecified atom stereocenters. The number of alkyl halides is 1. The van der Waals surface area contributed by atoms with Crippen LogP contribution in [0.2, 0.25) is 0 Å². The molecule has 2 heteroatoms. The lowest BCUT2D eigenvalue weighted by Gasteiger charge is -2.17. The van der Waals surface area contributed by atoms with E-state index in [1.807, 2.05) is 0 Å². The largest absolute Gasteiger partial charge is 0.375 e. The molecule has 1 nitrogen and oxygen atoms in total. The van der Waals surface area contributed by atoms with Crippen molar-refractivity contribution in [2.24, 2.45) is 0 Å². The maximum absolute atomic E-state index is 11.8. The van der Waals surface area contributed by atoms with Crippen molar-refractivity contribution in [1.82, 2.24) is 0 Å². The van der Waals surface area contributed by atoms with E-state index in [0.717, 1.165) is 25.7 Å². The summed E-state index contributed by atoms with van der Waals surface area (Å²) in [6.07, 6.45) is 10.3. The van der Waals surface area contributed by atoms with E-state index in [4.69, 9.17) is 4.74 Å². The van der Waals surface area contributed by atoms with Crippen molar-refractivity contribution in [2.45, 2.75) is 38.2 Å². The van der Waals surface area contributed by atoms with Crippen molar-refractivity contribution >= 4 is 0 Å². The molecular formula is C10H17FO. The summed E-state index contributed by atoms with van der Waals surface area (Å²) < 4.78 is 17.1. The molecule has 1 aliphatic carbocycles. The van der Waals surface area contributed by atoms with Crippen LogP contribution in [0.1, 0.15) is 32.1 Å². The summed E-state index contributed by atoms with van der Waals surface area (Å²) in [5, 5.41) is 0. The van der Waals surface area contributed by atoms with Gasteiger partial charge in [-0.25, -0.2) is 4.39 Å². The number of allylic oxidation sites excluding steroid dienone is 2. The van der Waals surface area contributed by atoms with Crippen LogP contribution in [-0.4, -0.2) is 19.4 Å². The Kier molecular flexibility index (Phi) is 5.00. The van der Waals surface area contributed by atoms with Gasteiger partial charge in [0.2, 0.25) is 0 Å². The maximum Gasteiger partial charge on any atom is 0.113 e. The second kappa shape index (κ2) is 6.18. The molecule has 1 aliphatic rings. The second-order valence-corrected chi connectivity index (χ2v) is 3.16. The van der Waals surface area contributed by atoms with Crippen LogP contribution >= 0.6 is 0 Å². The van der Waals surface area contributed by atoms with E-state index in [1.165, 1.54) is 6.42 Å². The van der Waals surface area contributed by atoms with Gasteiger partial charge < -0.3 is 4.74 Å². The number of ether oxygens (including phenoxy) is 1. The molecule has 0 aromatic rings. The van der Waals surface area contributed by atoms with Crippen LogP contribution in [0, 0.1) is 0 Å². The van der Waals surface area contributed by atoms with E-state index < -0.39 is 0 Å². The Morgan fingerprint density at radius 1 is 1.25 bits per heavy atom. The zero-order valence-electron chi connectivity index (χ0n) is 7.47. The minimum absolute atomic E-state index is 0.272. The molecule has 1 rings (SSSR count). The molecule has 0 amide bonds. The predicted octanol–water partition coefficient (Wildman–Crippen LogP) is 2.86. The normalized spacial score (nSPS) is 24.9. The van der Waals surface area contributed by atoms with Crippen molar-refractivity contribution in [2.75, 3.05) is 13.3 Å². The van der Waals surface area contributed by atoms with Gasteiger partial charge in [-0.3, -0.25) is 0 Å². The molecule has 0 fully saturated rings. The molecule has 1 atom stereocenters. The Morgan fingerprint density at radius 3 is 2.92 bits per heavy atom. The highest BCUT2D eigenvalue weighted by atomic mass is 19.1. The molecule has 0 aromatic heterocycles. The third-order valence-corrected chi connectivity index (χ3v) is 2.15. The van der Waals surface area contributed by atoms with Crippen LogP contribution in [0.3, 0.4) is 0 Å². The van der Waals surface area contributed by atoms with Crippen molar-refractivity contribution in [3.8, 4) is 0 Å². The topological polar surface area (TPSA) is 9.23 Å². The van der Waals surface area contributed by atoms with Gasteiger partial charge in [0.05, 0.1) is 12.7 Å². The fraction of sp³-hybridized carbons (Fsp3) is 0.800. The average molecular weight is 172 g/mol. The molecule has 0 bridgehead atoms. The molecule has 0 spiro atoms. The third-order valence-electron chi connectivity index (χ3n) is 2.15. The molecule has 0 heterocycles. The van der Waals surface area contributed by atoms with Gasteiger partial charge in [-0.1, -0.05) is 12.2 Å². The monoisotopic (exact) mass is 172 g/mol. The Labute approximate surface area is 73.6 Å². The van der Waals surface area contributed by atoms with Gasteiger partial charge in [-0.15, -0.1) is 0 Å². The van der Waals surface area contributed by atoms with Gasteiger partial charge in [0.25, 0.3) is 0 Å². The number of halogens is 1. The SMILES string of the molecule is [19F]CCOC1CCC=CCCC1. The Morgan fingerprint density at radius 2 is 2.08 bits per heavy atom. The Bertz CT molecular complexity index is 134. The lowest BCUT2D eigenvalue weighted by molar-refractivity contribution is 0.0326. The summed E-state index contributed by atoms with van der Waals surface area (Å²) in [7, 11) is 0. The van der Waals surface area contributed by atoms with E-state index in [2.05, 4.69) is 12.2 Å². The van der Waals surface area contributed by atoms with Crippen molar-refractivity contribution in [3.05, 3.63) is 12.2 Å². The number of rotatable bonds is 3. The first-order valence-electron chi connectivity index (χ1n) is 4.76. The van der Waals surface area contributed by atoms with E-state index >= 15 is 0 Å². The molecule has 0 saturated carbocycles. The summed E-state index contributed by atoms with van der Waals surface area (Å²) >= 11 is 0. The van der Waals surface area contributed by atoms with Crippen LogP contribution in [0.5, 0.6) is 0 Å². The lowest BCUT2D eigenvalue weighted by atomic mass is 10.0. The van der Waals surface area contributed by atoms with E-state index in [9.17, 15) is 4.39 Å². The first kappa shape index (κ1) is 9.72. The first-order valence-corrected chi connectivity index (χ1v) is 4.76. The fourth-order valence-electron chi connectivity index (χ4n) is 1.50. The minimum Gasteiger partial charge on any atom is -0.375 e. The molecule has 0 saturated heterocycles.